The summed E-state index contributed by atoms with van der Waals surface area (Å²) in [7, 11) is 0. The Labute approximate surface area is 68.4 Å². The Bertz CT molecular complexity index is 128. The van der Waals surface area contributed by atoms with E-state index in [9.17, 15) is 4.79 Å². The molecule has 0 saturated carbocycles. The minimum absolute atomic E-state index is 0.279. The van der Waals surface area contributed by atoms with Gasteiger partial charge < -0.3 is 0 Å². The van der Waals surface area contributed by atoms with Crippen LogP contribution in [0.5, 0.6) is 0 Å². The quantitative estimate of drug-likeness (QED) is 0.601. The van der Waals surface area contributed by atoms with Crippen molar-refractivity contribution >= 4 is 5.78 Å². The number of carbonyl (C=O) groups is 1. The molecule has 1 atom stereocenters. The Kier molecular flexibility index (Phi) is 3.57. The van der Waals surface area contributed by atoms with Gasteiger partial charge in [-0.05, 0) is 12.8 Å². The number of Topliss-reactive ketones (excluding diaryl/α,β-unsaturated/α-hetero) is 1. The van der Waals surface area contributed by atoms with Crippen LogP contribution >= 0.6 is 0 Å². The van der Waals surface area contributed by atoms with Crippen LogP contribution < -0.4 is 5.32 Å². The van der Waals surface area contributed by atoms with Gasteiger partial charge in [-0.15, -0.1) is 0 Å². The van der Waals surface area contributed by atoms with Crippen molar-refractivity contribution in [3.63, 3.8) is 0 Å². The highest BCUT2D eigenvalue weighted by Crippen LogP contribution is 2.13. The summed E-state index contributed by atoms with van der Waals surface area (Å²) < 4.78 is 0. The van der Waals surface area contributed by atoms with Crippen LogP contribution in [-0.4, -0.2) is 18.9 Å². The van der Waals surface area contributed by atoms with E-state index in [1.54, 1.807) is 0 Å². The molecule has 0 spiro atoms. The van der Waals surface area contributed by atoms with Gasteiger partial charge in [0.1, 0.15) is 5.78 Å². The molecule has 0 aliphatic carbocycles. The third-order valence-corrected chi connectivity index (χ3v) is 2.22. The normalized spacial score (nSPS) is 23.9. The largest absolute Gasteiger partial charge is 0.299 e. The molecule has 1 heterocycles. The first kappa shape index (κ1) is 8.72. The Balaban J connectivity index is 2.17. The van der Waals surface area contributed by atoms with E-state index in [1.165, 1.54) is 0 Å². The van der Waals surface area contributed by atoms with Gasteiger partial charge in [-0.3, -0.25) is 4.79 Å². The number of unbranched alkanes of at least 4 members (excludes halogenated alkanes) is 1. The molecule has 0 amide bonds. The predicted octanol–water partition coefficient (Wildman–Crippen LogP) is 1.37. The van der Waals surface area contributed by atoms with E-state index in [-0.39, 0.29) is 5.92 Å². The van der Waals surface area contributed by atoms with Crippen molar-refractivity contribution in [2.24, 2.45) is 5.92 Å². The molecule has 63 valence electrons. The van der Waals surface area contributed by atoms with Crippen molar-refractivity contribution in [3.05, 3.63) is 0 Å². The van der Waals surface area contributed by atoms with Gasteiger partial charge in [-0.1, -0.05) is 13.3 Å². The van der Waals surface area contributed by atoms with Crippen molar-refractivity contribution in [2.75, 3.05) is 13.1 Å². The fourth-order valence-electron chi connectivity index (χ4n) is 1.40. The molecule has 0 aromatic carbocycles. The van der Waals surface area contributed by atoms with Crippen LogP contribution in [0.2, 0.25) is 0 Å². The van der Waals surface area contributed by atoms with Crippen molar-refractivity contribution in [1.29, 1.82) is 0 Å². The van der Waals surface area contributed by atoms with Crippen LogP contribution in [0.15, 0.2) is 0 Å². The second-order valence-corrected chi connectivity index (χ2v) is 3.19. The van der Waals surface area contributed by atoms with Gasteiger partial charge in [0.2, 0.25) is 0 Å². The average Bonchev–Trinajstić information content (AvgIpc) is 2.52. The number of hydrogen-bond donors (Lipinski definition) is 0. The van der Waals surface area contributed by atoms with Gasteiger partial charge in [-0.2, -0.15) is 0 Å². The molecule has 11 heavy (non-hydrogen) atoms. The van der Waals surface area contributed by atoms with Crippen LogP contribution in [0.3, 0.4) is 0 Å². The molecule has 0 aromatic rings. The van der Waals surface area contributed by atoms with E-state index < -0.39 is 0 Å². The van der Waals surface area contributed by atoms with Gasteiger partial charge in [-0.25, -0.2) is 5.32 Å². The van der Waals surface area contributed by atoms with Gasteiger partial charge in [0, 0.05) is 25.4 Å². The highest BCUT2D eigenvalue weighted by Gasteiger charge is 2.21. The summed E-state index contributed by atoms with van der Waals surface area (Å²) in [5.41, 5.74) is 0. The molecule has 0 bridgehead atoms. The van der Waals surface area contributed by atoms with Crippen LogP contribution in [0.4, 0.5) is 0 Å². The van der Waals surface area contributed by atoms with Gasteiger partial charge >= 0.3 is 0 Å². The third kappa shape index (κ3) is 2.62. The van der Waals surface area contributed by atoms with E-state index in [0.717, 1.165) is 38.8 Å². The standard InChI is InChI=1S/C9H16NO/c1-2-3-4-9(11)8-5-6-10-7-8/h8H,2-7H2,1H3. The summed E-state index contributed by atoms with van der Waals surface area (Å²) in [4.78, 5) is 11.3. The summed E-state index contributed by atoms with van der Waals surface area (Å²) in [6, 6.07) is 0. The number of carbonyl (C=O) groups excluding carboxylic acids is 1. The van der Waals surface area contributed by atoms with Gasteiger partial charge in [0.25, 0.3) is 0 Å². The number of rotatable bonds is 4. The fraction of sp³-hybridized carbons (Fsp3) is 0.889. The van der Waals surface area contributed by atoms with Crippen molar-refractivity contribution in [1.82, 2.24) is 5.32 Å². The maximum absolute atomic E-state index is 11.3. The van der Waals surface area contributed by atoms with Crippen LogP contribution in [-0.2, 0) is 4.79 Å². The first-order chi connectivity index (χ1) is 5.34. The second-order valence-electron chi connectivity index (χ2n) is 3.19. The minimum atomic E-state index is 0.279. The smallest absolute Gasteiger partial charge is 0.137 e. The highest BCUT2D eigenvalue weighted by atomic mass is 16.1. The Morgan fingerprint density at radius 1 is 1.64 bits per heavy atom. The third-order valence-electron chi connectivity index (χ3n) is 2.22. The van der Waals surface area contributed by atoms with E-state index in [4.69, 9.17) is 0 Å². The summed E-state index contributed by atoms with van der Waals surface area (Å²) in [5, 5.41) is 4.17. The zero-order chi connectivity index (χ0) is 8.10. The molecule has 1 fully saturated rings. The first-order valence-electron chi connectivity index (χ1n) is 4.50. The lowest BCUT2D eigenvalue weighted by molar-refractivity contribution is -0.122. The van der Waals surface area contributed by atoms with Crippen LogP contribution in [0.1, 0.15) is 32.6 Å². The lowest BCUT2D eigenvalue weighted by Gasteiger charge is -2.04. The zero-order valence-electron chi connectivity index (χ0n) is 7.18. The lowest BCUT2D eigenvalue weighted by atomic mass is 9.99. The average molecular weight is 154 g/mol. The van der Waals surface area contributed by atoms with Crippen molar-refractivity contribution < 1.29 is 4.79 Å². The molecule has 1 saturated heterocycles. The Morgan fingerprint density at radius 3 is 3.00 bits per heavy atom. The predicted molar refractivity (Wildman–Crippen MR) is 44.5 cm³/mol. The molecule has 2 nitrogen and oxygen atoms in total. The van der Waals surface area contributed by atoms with E-state index in [2.05, 4.69) is 12.2 Å². The molecule has 1 unspecified atom stereocenters. The van der Waals surface area contributed by atoms with Crippen molar-refractivity contribution in [2.45, 2.75) is 32.6 Å². The highest BCUT2D eigenvalue weighted by molar-refractivity contribution is 5.81. The molecular weight excluding hydrogens is 138 g/mol. The molecular formula is C9H16NO. The SMILES string of the molecule is CCCCC(=O)C1CC[N]C1. The van der Waals surface area contributed by atoms with Gasteiger partial charge in [0.15, 0.2) is 0 Å². The zero-order valence-corrected chi connectivity index (χ0v) is 7.18. The van der Waals surface area contributed by atoms with Crippen LogP contribution in [0, 0.1) is 5.92 Å². The van der Waals surface area contributed by atoms with E-state index in [1.807, 2.05) is 0 Å². The number of ketones is 1. The second kappa shape index (κ2) is 4.50. The summed E-state index contributed by atoms with van der Waals surface area (Å²) >= 11 is 0. The van der Waals surface area contributed by atoms with Crippen molar-refractivity contribution in [3.8, 4) is 0 Å². The maximum atomic E-state index is 11.3. The first-order valence-corrected chi connectivity index (χ1v) is 4.50. The molecule has 1 radical (unpaired) electrons. The Hall–Kier alpha value is -0.370. The van der Waals surface area contributed by atoms with E-state index >= 15 is 0 Å². The number of hydrogen-bond acceptors (Lipinski definition) is 1. The topological polar surface area (TPSA) is 31.2 Å². The molecule has 1 aliphatic heterocycles. The van der Waals surface area contributed by atoms with Crippen LogP contribution in [0.25, 0.3) is 0 Å². The maximum Gasteiger partial charge on any atom is 0.137 e. The monoisotopic (exact) mass is 154 g/mol. The fourth-order valence-corrected chi connectivity index (χ4v) is 1.40. The molecule has 0 aromatic heterocycles. The molecule has 2 heteroatoms. The van der Waals surface area contributed by atoms with E-state index in [0.29, 0.717) is 5.78 Å². The number of nitrogens with zero attached hydrogens (tertiary/aromatic N) is 1. The molecule has 1 aliphatic rings. The molecule has 0 N–H and O–H groups in total. The summed E-state index contributed by atoms with van der Waals surface area (Å²) in [6.45, 7) is 3.82. The molecule has 1 rings (SSSR count). The van der Waals surface area contributed by atoms with Gasteiger partial charge in [0.05, 0.1) is 0 Å². The Morgan fingerprint density at radius 2 is 2.45 bits per heavy atom. The minimum Gasteiger partial charge on any atom is -0.299 e. The summed E-state index contributed by atoms with van der Waals surface area (Å²) in [5.74, 6) is 0.717. The lowest BCUT2D eigenvalue weighted by Crippen LogP contribution is -2.15. The summed E-state index contributed by atoms with van der Waals surface area (Å²) in [6.07, 6.45) is 3.95.